The topological polar surface area (TPSA) is 144 Å². The number of anilines is 1. The van der Waals surface area contributed by atoms with E-state index in [1.54, 1.807) is 10.6 Å². The first-order valence-corrected chi connectivity index (χ1v) is 19.4. The van der Waals surface area contributed by atoms with Gasteiger partial charge in [0, 0.05) is 54.0 Å². The molecular weight excluding hydrogens is 667 g/mol. The summed E-state index contributed by atoms with van der Waals surface area (Å²) >= 11 is 2.83. The van der Waals surface area contributed by atoms with E-state index in [1.807, 2.05) is 101 Å². The van der Waals surface area contributed by atoms with Gasteiger partial charge >= 0.3 is 0 Å². The summed E-state index contributed by atoms with van der Waals surface area (Å²) in [5.74, 6) is -0.897. The van der Waals surface area contributed by atoms with Gasteiger partial charge in [0.25, 0.3) is 10.6 Å². The summed E-state index contributed by atoms with van der Waals surface area (Å²) in [6.45, 7) is 3.05. The quantitative estimate of drug-likeness (QED) is 0.162. The second kappa shape index (κ2) is 14.4. The van der Waals surface area contributed by atoms with Gasteiger partial charge in [0.05, 0.1) is 36.2 Å². The molecule has 14 heteroatoms. The van der Waals surface area contributed by atoms with Crippen LogP contribution in [0.25, 0.3) is 29.0 Å². The number of thiazole rings is 2. The summed E-state index contributed by atoms with van der Waals surface area (Å²) in [7, 11) is -8.64. The molecule has 0 saturated carbocycles. The lowest BCUT2D eigenvalue weighted by molar-refractivity contribution is -0.683. The molecule has 0 aliphatic carbocycles. The molecule has 0 N–H and O–H groups in total. The van der Waals surface area contributed by atoms with Crippen LogP contribution in [0.1, 0.15) is 30.3 Å². The second-order valence-corrected chi connectivity index (χ2v) is 15.5. The van der Waals surface area contributed by atoms with Crippen molar-refractivity contribution >= 4 is 66.3 Å². The number of para-hydroxylation sites is 1. The third-order valence-corrected chi connectivity index (χ3v) is 10.9. The van der Waals surface area contributed by atoms with Crippen LogP contribution in [0.4, 0.5) is 5.69 Å². The standard InChI is InChI=1S/C32H33N3O7S4/c1-2-34-31(22-30-35(18-9-21-46(40,41)42)28(23-43-30)25-10-4-3-5-11-25)44-29(32(34)36)15-14-24-16-19-33(17-8-20-45(37,38)39)27-13-7-6-12-26(24)27/h3-7,10-16,19,22-23H,2,8-9,17-18,20-21H2,1H3,(H-,37,38,39,40,41,42)/p-1. The van der Waals surface area contributed by atoms with Crippen LogP contribution in [0.5, 0.6) is 0 Å². The van der Waals surface area contributed by atoms with Gasteiger partial charge in [-0.05, 0) is 49.3 Å². The molecule has 5 rings (SSSR count). The molecular formula is C32H32N3O7S4-. The molecule has 0 radical (unpaired) electrons. The normalized spacial score (nSPS) is 15.2. The molecule has 0 unspecified atom stereocenters. The highest BCUT2D eigenvalue weighted by atomic mass is 32.2. The minimum absolute atomic E-state index is 0.132. The molecule has 0 amide bonds. The second-order valence-electron chi connectivity index (χ2n) is 10.5. The summed E-state index contributed by atoms with van der Waals surface area (Å²) in [6, 6.07) is 17.4. The van der Waals surface area contributed by atoms with Crippen LogP contribution in [0, 0.1) is 0 Å². The molecule has 0 atom stereocenters. The van der Waals surface area contributed by atoms with E-state index in [-0.39, 0.29) is 18.4 Å². The van der Waals surface area contributed by atoms with Crippen molar-refractivity contribution < 1.29 is 30.5 Å². The average Bonchev–Trinajstić information content (AvgIpc) is 3.55. The molecule has 0 saturated heterocycles. The zero-order valence-corrected chi connectivity index (χ0v) is 28.2. The molecule has 2 aromatic carbocycles. The summed E-state index contributed by atoms with van der Waals surface area (Å²) in [5, 5.41) is 2.81. The van der Waals surface area contributed by atoms with E-state index in [9.17, 15) is 30.7 Å². The summed E-state index contributed by atoms with van der Waals surface area (Å²) in [4.78, 5) is 15.4. The molecule has 4 aromatic rings. The van der Waals surface area contributed by atoms with Crippen molar-refractivity contribution in [1.29, 1.82) is 0 Å². The number of rotatable bonds is 12. The van der Waals surface area contributed by atoms with Gasteiger partial charge in [-0.1, -0.05) is 53.8 Å². The monoisotopic (exact) mass is 698 g/mol. The summed E-state index contributed by atoms with van der Waals surface area (Å²) in [6.07, 6.45) is 9.71. The van der Waals surface area contributed by atoms with E-state index < -0.39 is 31.7 Å². The molecule has 242 valence electrons. The number of fused-ring (bicyclic) bond motifs is 1. The van der Waals surface area contributed by atoms with E-state index >= 15 is 0 Å². The molecule has 0 fully saturated rings. The van der Waals surface area contributed by atoms with E-state index in [2.05, 4.69) is 0 Å². The lowest BCUT2D eigenvalue weighted by atomic mass is 9.99. The first-order valence-electron chi connectivity index (χ1n) is 14.5. The molecule has 1 aliphatic heterocycles. The van der Waals surface area contributed by atoms with Crippen LogP contribution < -0.4 is 24.2 Å². The zero-order chi connectivity index (χ0) is 32.9. The first kappa shape index (κ1) is 33.7. The molecule has 1 aliphatic rings. The van der Waals surface area contributed by atoms with Gasteiger partial charge in [0.2, 0.25) is 5.69 Å². The van der Waals surface area contributed by atoms with E-state index in [0.717, 1.165) is 37.8 Å². The molecule has 3 heterocycles. The Morgan fingerprint density at radius 3 is 2.33 bits per heavy atom. The van der Waals surface area contributed by atoms with Crippen LogP contribution in [-0.4, -0.2) is 48.6 Å². The maximum absolute atomic E-state index is 13.5. The van der Waals surface area contributed by atoms with Crippen molar-refractivity contribution in [3.8, 4) is 11.3 Å². The Morgan fingerprint density at radius 1 is 0.913 bits per heavy atom. The van der Waals surface area contributed by atoms with Crippen molar-refractivity contribution in [2.75, 3.05) is 23.0 Å². The zero-order valence-electron chi connectivity index (χ0n) is 24.9. The fraction of sp³-hybridized carbons (Fsp3) is 0.250. The van der Waals surface area contributed by atoms with Crippen LogP contribution in [0.2, 0.25) is 0 Å². The Balaban J connectivity index is 1.51. The van der Waals surface area contributed by atoms with Crippen LogP contribution in [-0.2, 0) is 33.3 Å². The number of nitrogens with zero attached hydrogens (tertiary/aromatic N) is 3. The maximum atomic E-state index is 13.5. The van der Waals surface area contributed by atoms with Crippen molar-refractivity contribution in [1.82, 2.24) is 4.57 Å². The van der Waals surface area contributed by atoms with Gasteiger partial charge in [-0.2, -0.15) is 4.57 Å². The third-order valence-electron chi connectivity index (χ3n) is 7.36. The van der Waals surface area contributed by atoms with Crippen molar-refractivity contribution in [3.05, 3.63) is 108 Å². The Hall–Kier alpha value is -3.66. The summed E-state index contributed by atoms with van der Waals surface area (Å²) in [5.41, 5.74) is 4.39. The van der Waals surface area contributed by atoms with Crippen molar-refractivity contribution in [2.45, 2.75) is 32.9 Å². The van der Waals surface area contributed by atoms with E-state index in [0.29, 0.717) is 24.2 Å². The molecule has 10 nitrogen and oxygen atoms in total. The number of hydrogen-bond acceptors (Lipinski definition) is 10. The van der Waals surface area contributed by atoms with Gasteiger partial charge in [-0.3, -0.25) is 9.36 Å². The fourth-order valence-electron chi connectivity index (χ4n) is 5.23. The molecule has 0 bridgehead atoms. The largest absolute Gasteiger partial charge is 0.748 e. The average molecular weight is 699 g/mol. The maximum Gasteiger partial charge on any atom is 0.269 e. The Kier molecular flexibility index (Phi) is 10.6. The Bertz CT molecular complexity index is 2180. The smallest absolute Gasteiger partial charge is 0.269 e. The van der Waals surface area contributed by atoms with Gasteiger partial charge in [-0.25, -0.2) is 16.8 Å². The van der Waals surface area contributed by atoms with E-state index in [4.69, 9.17) is 0 Å². The number of benzene rings is 2. The Morgan fingerprint density at radius 2 is 1.61 bits per heavy atom. The minimum Gasteiger partial charge on any atom is -0.748 e. The third kappa shape index (κ3) is 8.37. The minimum atomic E-state index is -4.35. The van der Waals surface area contributed by atoms with Gasteiger partial charge in [0.1, 0.15) is 4.66 Å². The molecule has 0 spiro atoms. The highest BCUT2D eigenvalue weighted by Gasteiger charge is 2.21. The van der Waals surface area contributed by atoms with Gasteiger partial charge in [0.15, 0.2) is 6.54 Å². The SMILES string of the molecule is CCn1c(=Cc2scc(-c3ccccc3)[n+]2CCCS(=O)(=O)[O-])sc(=CC=C2C=CN(CCCS(=O)(=O)[O-])c3ccccc32)c1=O. The lowest BCUT2D eigenvalue weighted by Gasteiger charge is -2.27. The van der Waals surface area contributed by atoms with Gasteiger partial charge < -0.3 is 14.0 Å². The number of hydrogen-bond donors (Lipinski definition) is 0. The fourth-order valence-corrected chi connectivity index (χ4v) is 8.31. The first-order chi connectivity index (χ1) is 21.9. The van der Waals surface area contributed by atoms with E-state index in [1.165, 1.54) is 22.7 Å². The molecule has 2 aromatic heterocycles. The highest BCUT2D eigenvalue weighted by Crippen LogP contribution is 2.32. The predicted molar refractivity (Wildman–Crippen MR) is 181 cm³/mol. The van der Waals surface area contributed by atoms with Gasteiger partial charge in [-0.15, -0.1) is 11.3 Å². The predicted octanol–water partition coefficient (Wildman–Crippen LogP) is 2.84. The number of aromatic nitrogens is 2. The molecule has 46 heavy (non-hydrogen) atoms. The number of allylic oxidation sites excluding steroid dienone is 3. The van der Waals surface area contributed by atoms with Crippen molar-refractivity contribution in [2.24, 2.45) is 0 Å². The van der Waals surface area contributed by atoms with Crippen LogP contribution in [0.15, 0.2) is 83.1 Å². The Labute approximate surface area is 275 Å². The summed E-state index contributed by atoms with van der Waals surface area (Å²) < 4.78 is 72.0. The highest BCUT2D eigenvalue weighted by molar-refractivity contribution is 7.85. The van der Waals surface area contributed by atoms with Crippen LogP contribution >= 0.6 is 22.7 Å². The van der Waals surface area contributed by atoms with Crippen molar-refractivity contribution in [3.63, 3.8) is 0 Å². The lowest BCUT2D eigenvalue weighted by Crippen LogP contribution is -2.38. The van der Waals surface area contributed by atoms with Crippen LogP contribution in [0.3, 0.4) is 0 Å².